The van der Waals surface area contributed by atoms with Crippen LogP contribution in [0.3, 0.4) is 0 Å². The normalized spacial score (nSPS) is 15.5. The number of halogens is 1. The summed E-state index contributed by atoms with van der Waals surface area (Å²) in [7, 11) is 1.59. The molecule has 0 spiro atoms. The van der Waals surface area contributed by atoms with E-state index >= 15 is 0 Å². The highest BCUT2D eigenvalue weighted by atomic mass is 19.1. The van der Waals surface area contributed by atoms with E-state index in [1.165, 1.54) is 12.1 Å². The van der Waals surface area contributed by atoms with E-state index in [2.05, 4.69) is 10.3 Å². The first-order valence-electron chi connectivity index (χ1n) is 7.13. The van der Waals surface area contributed by atoms with E-state index < -0.39 is 0 Å². The molecule has 0 saturated heterocycles. The summed E-state index contributed by atoms with van der Waals surface area (Å²) in [6.45, 7) is 0. The van der Waals surface area contributed by atoms with Gasteiger partial charge in [-0.05, 0) is 41.5 Å². The van der Waals surface area contributed by atoms with Gasteiger partial charge in [-0.3, -0.25) is 4.79 Å². The van der Waals surface area contributed by atoms with Crippen molar-refractivity contribution in [3.05, 3.63) is 71.2 Å². The number of carbonyl (C=O) groups is 1. The number of amides is 1. The number of nitrogens with zero attached hydrogens (tertiary/aromatic N) is 1. The summed E-state index contributed by atoms with van der Waals surface area (Å²) in [6.07, 6.45) is 2.15. The van der Waals surface area contributed by atoms with Crippen LogP contribution in [0.4, 0.5) is 4.39 Å². The number of hydrogen-bond donors (Lipinski definition) is 1. The molecule has 0 saturated carbocycles. The third-order valence-corrected chi connectivity index (χ3v) is 3.43. The number of benzene rings is 2. The Bertz CT molecular complexity index is 795. The Balaban J connectivity index is 1.80. The molecule has 0 unspecified atom stereocenters. The van der Waals surface area contributed by atoms with Crippen LogP contribution in [0, 0.1) is 5.82 Å². The van der Waals surface area contributed by atoms with Gasteiger partial charge in [0.25, 0.3) is 5.91 Å². The monoisotopic (exact) mass is 310 g/mol. The van der Waals surface area contributed by atoms with E-state index in [9.17, 15) is 9.18 Å². The van der Waals surface area contributed by atoms with E-state index in [-0.39, 0.29) is 11.7 Å². The number of rotatable bonds is 4. The maximum Gasteiger partial charge on any atom is 0.275 e. The molecule has 1 amide bonds. The predicted molar refractivity (Wildman–Crippen MR) is 86.7 cm³/mol. The lowest BCUT2D eigenvalue weighted by Gasteiger charge is -2.00. The quantitative estimate of drug-likeness (QED) is 0.883. The van der Waals surface area contributed by atoms with Crippen molar-refractivity contribution in [3.63, 3.8) is 0 Å². The third kappa shape index (κ3) is 3.63. The lowest BCUT2D eigenvalue weighted by Crippen LogP contribution is -2.25. The Hall–Kier alpha value is -2.95. The molecule has 1 aliphatic heterocycles. The molecule has 0 radical (unpaired) electrons. The zero-order valence-electron chi connectivity index (χ0n) is 12.5. The Labute approximate surface area is 133 Å². The molecular weight excluding hydrogens is 295 g/mol. The molecule has 4 nitrogen and oxygen atoms in total. The molecular formula is C18H15FN2O2. The van der Waals surface area contributed by atoms with Crippen LogP contribution in [0.5, 0.6) is 5.75 Å². The van der Waals surface area contributed by atoms with Gasteiger partial charge in [0.15, 0.2) is 0 Å². The Kier molecular flexibility index (Phi) is 4.19. The smallest absolute Gasteiger partial charge is 0.275 e. The summed E-state index contributed by atoms with van der Waals surface area (Å²) >= 11 is 0. The maximum absolute atomic E-state index is 12.9. The molecule has 2 aromatic rings. The second-order valence-electron chi connectivity index (χ2n) is 5.12. The second kappa shape index (κ2) is 6.44. The summed E-state index contributed by atoms with van der Waals surface area (Å²) in [4.78, 5) is 16.3. The van der Waals surface area contributed by atoms with Gasteiger partial charge < -0.3 is 10.1 Å². The molecule has 23 heavy (non-hydrogen) atoms. The molecule has 0 aliphatic carbocycles. The second-order valence-corrected chi connectivity index (χ2v) is 5.12. The van der Waals surface area contributed by atoms with Crippen LogP contribution in [0.15, 0.2) is 59.2 Å². The summed E-state index contributed by atoms with van der Waals surface area (Å²) in [5, 5.41) is 2.73. The third-order valence-electron chi connectivity index (χ3n) is 3.43. The highest BCUT2D eigenvalue weighted by Gasteiger charge is 2.20. The first-order chi connectivity index (χ1) is 11.1. The fraction of sp³-hybridized carbons (Fsp3) is 0.111. The van der Waals surface area contributed by atoms with Gasteiger partial charge in [0.1, 0.15) is 23.1 Å². The lowest BCUT2D eigenvalue weighted by atomic mass is 10.1. The van der Waals surface area contributed by atoms with E-state index in [0.717, 1.165) is 11.1 Å². The van der Waals surface area contributed by atoms with Gasteiger partial charge in [0.05, 0.1) is 7.11 Å². The van der Waals surface area contributed by atoms with Gasteiger partial charge in [0.2, 0.25) is 0 Å². The van der Waals surface area contributed by atoms with E-state index in [0.29, 0.717) is 23.7 Å². The van der Waals surface area contributed by atoms with Gasteiger partial charge in [-0.25, -0.2) is 9.38 Å². The first kappa shape index (κ1) is 15.0. The van der Waals surface area contributed by atoms with Gasteiger partial charge in [-0.2, -0.15) is 0 Å². The van der Waals surface area contributed by atoms with Crippen LogP contribution in [0.2, 0.25) is 0 Å². The van der Waals surface area contributed by atoms with E-state index in [1.54, 1.807) is 25.3 Å². The highest BCUT2D eigenvalue weighted by molar-refractivity contribution is 6.14. The van der Waals surface area contributed by atoms with Gasteiger partial charge >= 0.3 is 0 Å². The summed E-state index contributed by atoms with van der Waals surface area (Å²) in [5.41, 5.74) is 2.06. The van der Waals surface area contributed by atoms with Crippen LogP contribution in [-0.4, -0.2) is 18.9 Å². The standard InChI is InChI=1S/C18H15FN2O2/c1-23-15-4-2-3-13(9-15)10-16-18(22)21-17(20-16)11-12-5-7-14(19)8-6-12/h2-10H,11H2,1H3,(H,20,21,22)/b16-10+. The number of amidine groups is 1. The van der Waals surface area contributed by atoms with Crippen LogP contribution >= 0.6 is 0 Å². The Morgan fingerprint density at radius 3 is 2.74 bits per heavy atom. The minimum absolute atomic E-state index is 0.245. The summed E-state index contributed by atoms with van der Waals surface area (Å²) < 4.78 is 18.1. The van der Waals surface area contributed by atoms with E-state index in [4.69, 9.17) is 4.74 Å². The molecule has 1 aliphatic rings. The van der Waals surface area contributed by atoms with E-state index in [1.807, 2.05) is 24.3 Å². The minimum atomic E-state index is -0.287. The molecule has 116 valence electrons. The van der Waals surface area contributed by atoms with Crippen molar-refractivity contribution >= 4 is 17.8 Å². The molecule has 5 heteroatoms. The molecule has 1 heterocycles. The Morgan fingerprint density at radius 1 is 1.22 bits per heavy atom. The van der Waals surface area contributed by atoms with Crippen LogP contribution < -0.4 is 10.1 Å². The maximum atomic E-state index is 12.9. The van der Waals surface area contributed by atoms with Gasteiger partial charge in [-0.1, -0.05) is 24.3 Å². The first-order valence-corrected chi connectivity index (χ1v) is 7.13. The zero-order chi connectivity index (χ0) is 16.2. The fourth-order valence-electron chi connectivity index (χ4n) is 2.29. The summed E-state index contributed by atoms with van der Waals surface area (Å²) in [5.74, 6) is 0.735. The Morgan fingerprint density at radius 2 is 2.00 bits per heavy atom. The highest BCUT2D eigenvalue weighted by Crippen LogP contribution is 2.18. The fourth-order valence-corrected chi connectivity index (χ4v) is 2.29. The van der Waals surface area contributed by atoms with Gasteiger partial charge in [-0.15, -0.1) is 0 Å². The van der Waals surface area contributed by atoms with Crippen molar-refractivity contribution in [2.45, 2.75) is 6.42 Å². The largest absolute Gasteiger partial charge is 0.497 e. The number of methoxy groups -OCH3 is 1. The van der Waals surface area contributed by atoms with Crippen molar-refractivity contribution < 1.29 is 13.9 Å². The van der Waals surface area contributed by atoms with Crippen molar-refractivity contribution in [2.75, 3.05) is 7.11 Å². The SMILES string of the molecule is COc1cccc(/C=C2/N=C(Cc3ccc(F)cc3)NC2=O)c1. The van der Waals surface area contributed by atoms with Crippen molar-refractivity contribution in [1.82, 2.24) is 5.32 Å². The van der Waals surface area contributed by atoms with Crippen LogP contribution in [0.25, 0.3) is 6.08 Å². The molecule has 1 N–H and O–H groups in total. The number of carbonyl (C=O) groups excluding carboxylic acids is 1. The van der Waals surface area contributed by atoms with Crippen molar-refractivity contribution in [3.8, 4) is 5.75 Å². The number of ether oxygens (including phenoxy) is 1. The van der Waals surface area contributed by atoms with Crippen LogP contribution in [-0.2, 0) is 11.2 Å². The molecule has 0 fully saturated rings. The van der Waals surface area contributed by atoms with Crippen molar-refractivity contribution in [1.29, 1.82) is 0 Å². The number of aliphatic imine (C=N–C) groups is 1. The molecule has 0 aromatic heterocycles. The number of nitrogens with one attached hydrogen (secondary N) is 1. The molecule has 0 atom stereocenters. The molecule has 2 aromatic carbocycles. The zero-order valence-corrected chi connectivity index (χ0v) is 12.5. The lowest BCUT2D eigenvalue weighted by molar-refractivity contribution is -0.115. The average molecular weight is 310 g/mol. The minimum Gasteiger partial charge on any atom is -0.497 e. The predicted octanol–water partition coefficient (Wildman–Crippen LogP) is 2.95. The average Bonchev–Trinajstić information content (AvgIpc) is 2.89. The number of hydrogen-bond acceptors (Lipinski definition) is 3. The van der Waals surface area contributed by atoms with Crippen LogP contribution in [0.1, 0.15) is 11.1 Å². The summed E-state index contributed by atoms with van der Waals surface area (Å²) in [6, 6.07) is 13.5. The molecule has 0 bridgehead atoms. The molecule has 3 rings (SSSR count). The van der Waals surface area contributed by atoms with Crippen molar-refractivity contribution in [2.24, 2.45) is 4.99 Å². The topological polar surface area (TPSA) is 50.7 Å². The van der Waals surface area contributed by atoms with Gasteiger partial charge in [0, 0.05) is 6.42 Å².